The number of carbonyl (C=O) groups is 2. The maximum atomic E-state index is 12.5. The molecule has 1 atom stereocenters. The topological polar surface area (TPSA) is 122 Å². The summed E-state index contributed by atoms with van der Waals surface area (Å²) in [5.74, 6) is -0.715. The van der Waals surface area contributed by atoms with Crippen LogP contribution in [0.5, 0.6) is 0 Å². The number of sulfonamides is 1. The minimum Gasteiger partial charge on any atom is -0.350 e. The zero-order valence-corrected chi connectivity index (χ0v) is 16.6. The Balaban J connectivity index is 1.83. The van der Waals surface area contributed by atoms with Crippen LogP contribution in [-0.2, 0) is 26.2 Å². The maximum Gasteiger partial charge on any atom is 0.243 e. The summed E-state index contributed by atoms with van der Waals surface area (Å²) in [7, 11) is -3.43. The van der Waals surface area contributed by atoms with Crippen LogP contribution in [0, 0.1) is 5.92 Å². The SMILES string of the molecule is CC(C)[C@H](N)C(=O)NCC(=O)NCc1ccc(S(=O)(=O)N2CCCC2)cc1. The lowest BCUT2D eigenvalue weighted by atomic mass is 10.1. The highest BCUT2D eigenvalue weighted by Gasteiger charge is 2.26. The lowest BCUT2D eigenvalue weighted by molar-refractivity contribution is -0.127. The first-order valence-electron chi connectivity index (χ1n) is 9.11. The molecule has 150 valence electrons. The summed E-state index contributed by atoms with van der Waals surface area (Å²) in [5.41, 5.74) is 6.48. The first-order valence-corrected chi connectivity index (χ1v) is 10.5. The summed E-state index contributed by atoms with van der Waals surface area (Å²) in [5, 5.41) is 5.18. The summed E-state index contributed by atoms with van der Waals surface area (Å²) < 4.78 is 26.4. The van der Waals surface area contributed by atoms with Crippen molar-refractivity contribution in [2.24, 2.45) is 11.7 Å². The molecule has 9 heteroatoms. The lowest BCUT2D eigenvalue weighted by Crippen LogP contribution is -2.47. The predicted octanol–water partition coefficient (Wildman–Crippen LogP) is 0.187. The van der Waals surface area contributed by atoms with E-state index in [-0.39, 0.29) is 35.7 Å². The van der Waals surface area contributed by atoms with Crippen molar-refractivity contribution < 1.29 is 18.0 Å². The fourth-order valence-corrected chi connectivity index (χ4v) is 4.23. The van der Waals surface area contributed by atoms with E-state index in [0.717, 1.165) is 18.4 Å². The molecule has 0 bridgehead atoms. The van der Waals surface area contributed by atoms with Gasteiger partial charge in [0.15, 0.2) is 0 Å². The summed E-state index contributed by atoms with van der Waals surface area (Å²) >= 11 is 0. The molecule has 0 spiro atoms. The van der Waals surface area contributed by atoms with Crippen LogP contribution in [0.2, 0.25) is 0 Å². The van der Waals surface area contributed by atoms with E-state index in [4.69, 9.17) is 5.73 Å². The quantitative estimate of drug-likeness (QED) is 0.579. The van der Waals surface area contributed by atoms with Crippen molar-refractivity contribution in [2.45, 2.75) is 44.2 Å². The van der Waals surface area contributed by atoms with Crippen molar-refractivity contribution in [3.63, 3.8) is 0 Å². The molecule has 0 aliphatic carbocycles. The maximum absolute atomic E-state index is 12.5. The molecule has 1 saturated heterocycles. The van der Waals surface area contributed by atoms with E-state index in [1.54, 1.807) is 24.3 Å². The van der Waals surface area contributed by atoms with Gasteiger partial charge in [-0.15, -0.1) is 0 Å². The summed E-state index contributed by atoms with van der Waals surface area (Å²) in [6, 6.07) is 5.81. The van der Waals surface area contributed by atoms with E-state index in [1.165, 1.54) is 4.31 Å². The van der Waals surface area contributed by atoms with Gasteiger partial charge in [-0.25, -0.2) is 8.42 Å². The zero-order valence-electron chi connectivity index (χ0n) is 15.8. The van der Waals surface area contributed by atoms with E-state index in [1.807, 2.05) is 13.8 Å². The van der Waals surface area contributed by atoms with Crippen molar-refractivity contribution in [1.29, 1.82) is 0 Å². The van der Waals surface area contributed by atoms with Gasteiger partial charge in [-0.2, -0.15) is 4.31 Å². The van der Waals surface area contributed by atoms with Crippen molar-refractivity contribution in [3.05, 3.63) is 29.8 Å². The molecule has 2 amide bonds. The number of hydrogen-bond donors (Lipinski definition) is 3. The molecule has 1 aromatic rings. The van der Waals surface area contributed by atoms with Gasteiger partial charge in [0, 0.05) is 19.6 Å². The van der Waals surface area contributed by atoms with Crippen LogP contribution in [0.4, 0.5) is 0 Å². The number of nitrogens with two attached hydrogens (primary N) is 1. The predicted molar refractivity (Wildman–Crippen MR) is 102 cm³/mol. The number of carbonyl (C=O) groups excluding carboxylic acids is 2. The van der Waals surface area contributed by atoms with Crippen LogP contribution >= 0.6 is 0 Å². The highest BCUT2D eigenvalue weighted by atomic mass is 32.2. The Morgan fingerprint density at radius 3 is 2.26 bits per heavy atom. The molecule has 0 unspecified atom stereocenters. The molecule has 0 saturated carbocycles. The fourth-order valence-electron chi connectivity index (χ4n) is 2.71. The molecular weight excluding hydrogens is 368 g/mol. The lowest BCUT2D eigenvalue weighted by Gasteiger charge is -2.16. The Hall–Kier alpha value is -1.97. The molecule has 27 heavy (non-hydrogen) atoms. The number of nitrogens with zero attached hydrogens (tertiary/aromatic N) is 1. The van der Waals surface area contributed by atoms with Crippen molar-refractivity contribution in [2.75, 3.05) is 19.6 Å². The van der Waals surface area contributed by atoms with Crippen LogP contribution in [0.3, 0.4) is 0 Å². The van der Waals surface area contributed by atoms with E-state index in [9.17, 15) is 18.0 Å². The molecule has 1 fully saturated rings. The second-order valence-corrected chi connectivity index (χ2v) is 8.96. The highest BCUT2D eigenvalue weighted by molar-refractivity contribution is 7.89. The van der Waals surface area contributed by atoms with Gasteiger partial charge < -0.3 is 16.4 Å². The van der Waals surface area contributed by atoms with Crippen LogP contribution in [0.1, 0.15) is 32.3 Å². The molecule has 1 heterocycles. The van der Waals surface area contributed by atoms with E-state index in [0.29, 0.717) is 13.1 Å². The smallest absolute Gasteiger partial charge is 0.243 e. The standard InChI is InChI=1S/C18H28N4O4S/c1-13(2)17(19)18(24)21-12-16(23)20-11-14-5-7-15(8-6-14)27(25,26)22-9-3-4-10-22/h5-8,13,17H,3-4,9-12,19H2,1-2H3,(H,20,23)(H,21,24)/t17-/m0/s1. The Morgan fingerprint density at radius 1 is 1.11 bits per heavy atom. The minimum atomic E-state index is -3.43. The van der Waals surface area contributed by atoms with Crippen molar-refractivity contribution >= 4 is 21.8 Å². The second-order valence-electron chi connectivity index (χ2n) is 7.02. The largest absolute Gasteiger partial charge is 0.350 e. The average molecular weight is 397 g/mol. The number of amides is 2. The zero-order chi connectivity index (χ0) is 20.0. The van der Waals surface area contributed by atoms with Gasteiger partial charge in [-0.1, -0.05) is 26.0 Å². The summed E-state index contributed by atoms with van der Waals surface area (Å²) in [6.45, 7) is 4.88. The number of hydrogen-bond acceptors (Lipinski definition) is 5. The van der Waals surface area contributed by atoms with Crippen LogP contribution in [0.25, 0.3) is 0 Å². The molecule has 4 N–H and O–H groups in total. The van der Waals surface area contributed by atoms with Crippen LogP contribution in [-0.4, -0.2) is 50.2 Å². The third kappa shape index (κ3) is 5.75. The Bertz CT molecular complexity index is 756. The minimum absolute atomic E-state index is 0.0107. The first kappa shape index (κ1) is 21.3. The van der Waals surface area contributed by atoms with Gasteiger partial charge in [0.1, 0.15) is 0 Å². The molecular formula is C18H28N4O4S. The van der Waals surface area contributed by atoms with E-state index >= 15 is 0 Å². The third-order valence-corrected chi connectivity index (χ3v) is 6.47. The van der Waals surface area contributed by atoms with Crippen molar-refractivity contribution in [1.82, 2.24) is 14.9 Å². The van der Waals surface area contributed by atoms with Gasteiger partial charge in [-0.05, 0) is 36.5 Å². The summed E-state index contributed by atoms with van der Waals surface area (Å²) in [6.07, 6.45) is 1.78. The third-order valence-electron chi connectivity index (χ3n) is 4.56. The fraction of sp³-hybridized carbons (Fsp3) is 0.556. The Morgan fingerprint density at radius 2 is 1.70 bits per heavy atom. The number of nitrogens with one attached hydrogen (secondary N) is 2. The van der Waals surface area contributed by atoms with Crippen molar-refractivity contribution in [3.8, 4) is 0 Å². The van der Waals surface area contributed by atoms with Gasteiger partial charge in [0.2, 0.25) is 21.8 Å². The normalized spacial score (nSPS) is 16.3. The van der Waals surface area contributed by atoms with Gasteiger partial charge in [-0.3, -0.25) is 9.59 Å². The Kier molecular flexibility index (Phi) is 7.34. The van der Waals surface area contributed by atoms with Gasteiger partial charge in [0.25, 0.3) is 0 Å². The first-order chi connectivity index (χ1) is 12.7. The second kappa shape index (κ2) is 9.29. The molecule has 2 rings (SSSR count). The Labute approximate surface area is 160 Å². The van der Waals surface area contributed by atoms with E-state index < -0.39 is 16.1 Å². The average Bonchev–Trinajstić information content (AvgIpc) is 3.19. The van der Waals surface area contributed by atoms with E-state index in [2.05, 4.69) is 10.6 Å². The van der Waals surface area contributed by atoms with Gasteiger partial charge in [0.05, 0.1) is 17.5 Å². The van der Waals surface area contributed by atoms with Crippen LogP contribution in [0.15, 0.2) is 29.2 Å². The molecule has 8 nitrogen and oxygen atoms in total. The molecule has 1 aliphatic heterocycles. The molecule has 0 radical (unpaired) electrons. The molecule has 0 aromatic heterocycles. The molecule has 1 aromatic carbocycles. The summed E-state index contributed by atoms with van der Waals surface area (Å²) in [4.78, 5) is 23.8. The van der Waals surface area contributed by atoms with Gasteiger partial charge >= 0.3 is 0 Å². The number of rotatable bonds is 8. The highest BCUT2D eigenvalue weighted by Crippen LogP contribution is 2.21. The van der Waals surface area contributed by atoms with Crippen LogP contribution < -0.4 is 16.4 Å². The monoisotopic (exact) mass is 396 g/mol. The number of benzene rings is 1. The molecule has 1 aliphatic rings.